The molecule has 1 saturated carbocycles. The molecule has 1 amide bonds. The van der Waals surface area contributed by atoms with Crippen LogP contribution in [0.3, 0.4) is 0 Å². The summed E-state index contributed by atoms with van der Waals surface area (Å²) in [6.07, 6.45) is 2.26. The zero-order valence-electron chi connectivity index (χ0n) is 13.2. The second-order valence-electron chi connectivity index (χ2n) is 6.29. The van der Waals surface area contributed by atoms with E-state index in [1.807, 2.05) is 20.8 Å². The molecule has 2 N–H and O–H groups in total. The van der Waals surface area contributed by atoms with Crippen molar-refractivity contribution in [2.45, 2.75) is 50.6 Å². The minimum Gasteiger partial charge on any atom is -0.352 e. The summed E-state index contributed by atoms with van der Waals surface area (Å²) in [7, 11) is -3.70. The van der Waals surface area contributed by atoms with Gasteiger partial charge in [0.15, 0.2) is 0 Å². The molecule has 6 heteroatoms. The van der Waals surface area contributed by atoms with Crippen LogP contribution in [0.1, 0.15) is 33.6 Å². The molecule has 2 atom stereocenters. The largest absolute Gasteiger partial charge is 0.352 e. The highest BCUT2D eigenvalue weighted by Gasteiger charge is 2.33. The molecule has 1 aliphatic rings. The normalized spacial score (nSPS) is 18.0. The van der Waals surface area contributed by atoms with Gasteiger partial charge in [-0.2, -0.15) is 4.72 Å². The molecule has 2 rings (SSSR count). The smallest absolute Gasteiger partial charge is 0.241 e. The van der Waals surface area contributed by atoms with Crippen LogP contribution in [0.5, 0.6) is 0 Å². The third-order valence-corrected chi connectivity index (χ3v) is 5.44. The first-order chi connectivity index (χ1) is 10.3. The summed E-state index contributed by atoms with van der Waals surface area (Å²) in [6, 6.07) is 7.43. The first kappa shape index (κ1) is 17.0. The number of sulfonamides is 1. The summed E-state index contributed by atoms with van der Waals surface area (Å²) in [4.78, 5) is 12.6. The van der Waals surface area contributed by atoms with Crippen LogP contribution in [0.2, 0.25) is 0 Å². The quantitative estimate of drug-likeness (QED) is 0.804. The van der Waals surface area contributed by atoms with Crippen LogP contribution in [0.15, 0.2) is 35.2 Å². The summed E-state index contributed by atoms with van der Waals surface area (Å²) in [5, 5.41) is 2.93. The highest BCUT2D eigenvalue weighted by molar-refractivity contribution is 7.89. The molecule has 0 spiro atoms. The molecule has 1 aromatic carbocycles. The molecule has 5 nitrogen and oxygen atoms in total. The molecule has 22 heavy (non-hydrogen) atoms. The van der Waals surface area contributed by atoms with Gasteiger partial charge in [0.1, 0.15) is 6.04 Å². The Kier molecular flexibility index (Phi) is 5.24. The minimum atomic E-state index is -3.70. The van der Waals surface area contributed by atoms with Crippen molar-refractivity contribution >= 4 is 15.9 Å². The Hall–Kier alpha value is -1.40. The zero-order valence-corrected chi connectivity index (χ0v) is 14.1. The highest BCUT2D eigenvalue weighted by atomic mass is 32.2. The van der Waals surface area contributed by atoms with Crippen molar-refractivity contribution in [2.75, 3.05) is 0 Å². The standard InChI is InChI=1S/C16H24N2O3S/c1-11(2)15(16(19)17-12(3)13-9-10-13)18-22(20,21)14-7-5-4-6-8-14/h4-8,11-13,15,18H,9-10H2,1-3H3,(H,17,19)/t12-,15+/m1/s1. The van der Waals surface area contributed by atoms with Gasteiger partial charge in [0.05, 0.1) is 4.90 Å². The second kappa shape index (κ2) is 6.79. The lowest BCUT2D eigenvalue weighted by molar-refractivity contribution is -0.124. The maximum atomic E-state index is 12.4. The highest BCUT2D eigenvalue weighted by Crippen LogP contribution is 2.32. The summed E-state index contributed by atoms with van der Waals surface area (Å²) in [6.45, 7) is 5.64. The molecule has 0 bridgehead atoms. The molecule has 0 unspecified atom stereocenters. The van der Waals surface area contributed by atoms with Gasteiger partial charge in [0.25, 0.3) is 0 Å². The number of benzene rings is 1. The van der Waals surface area contributed by atoms with E-state index < -0.39 is 16.1 Å². The van der Waals surface area contributed by atoms with Gasteiger partial charge in [-0.3, -0.25) is 4.79 Å². The molecular formula is C16H24N2O3S. The number of carbonyl (C=O) groups is 1. The van der Waals surface area contributed by atoms with Crippen molar-refractivity contribution in [3.05, 3.63) is 30.3 Å². The Bertz CT molecular complexity index is 610. The summed E-state index contributed by atoms with van der Waals surface area (Å²) in [5.41, 5.74) is 0. The molecular weight excluding hydrogens is 300 g/mol. The maximum Gasteiger partial charge on any atom is 0.241 e. The molecule has 0 radical (unpaired) electrons. The van der Waals surface area contributed by atoms with Gasteiger partial charge < -0.3 is 5.32 Å². The van der Waals surface area contributed by atoms with Gasteiger partial charge in [-0.15, -0.1) is 0 Å². The first-order valence-electron chi connectivity index (χ1n) is 7.69. The van der Waals surface area contributed by atoms with E-state index in [1.54, 1.807) is 18.2 Å². The molecule has 122 valence electrons. The van der Waals surface area contributed by atoms with Crippen molar-refractivity contribution in [1.29, 1.82) is 0 Å². The molecule has 0 saturated heterocycles. The van der Waals surface area contributed by atoms with Crippen LogP contribution in [-0.2, 0) is 14.8 Å². The molecule has 0 heterocycles. The zero-order chi connectivity index (χ0) is 16.3. The number of nitrogens with one attached hydrogen (secondary N) is 2. The van der Waals surface area contributed by atoms with Crippen molar-refractivity contribution in [1.82, 2.24) is 10.0 Å². The van der Waals surface area contributed by atoms with E-state index >= 15 is 0 Å². The Morgan fingerprint density at radius 2 is 1.73 bits per heavy atom. The molecule has 0 aliphatic heterocycles. The van der Waals surface area contributed by atoms with Crippen LogP contribution in [0.4, 0.5) is 0 Å². The van der Waals surface area contributed by atoms with Crippen molar-refractivity contribution in [2.24, 2.45) is 11.8 Å². The summed E-state index contributed by atoms with van der Waals surface area (Å²) in [5.74, 6) is 0.140. The lowest BCUT2D eigenvalue weighted by atomic mass is 10.0. The molecule has 1 aliphatic carbocycles. The van der Waals surface area contributed by atoms with Gasteiger partial charge in [-0.05, 0) is 43.7 Å². The van der Waals surface area contributed by atoms with E-state index in [4.69, 9.17) is 0 Å². The first-order valence-corrected chi connectivity index (χ1v) is 9.17. The van der Waals surface area contributed by atoms with Crippen LogP contribution in [-0.4, -0.2) is 26.4 Å². The third-order valence-electron chi connectivity index (χ3n) is 3.98. The number of amides is 1. The lowest BCUT2D eigenvalue weighted by Gasteiger charge is -2.24. The van der Waals surface area contributed by atoms with Crippen molar-refractivity contribution < 1.29 is 13.2 Å². The average Bonchev–Trinajstić information content (AvgIpc) is 3.30. The maximum absolute atomic E-state index is 12.4. The minimum absolute atomic E-state index is 0.0926. The number of rotatable bonds is 7. The van der Waals surface area contributed by atoms with Crippen LogP contribution in [0, 0.1) is 11.8 Å². The van der Waals surface area contributed by atoms with Crippen LogP contribution < -0.4 is 10.0 Å². The SMILES string of the molecule is CC(C)[C@H](NS(=O)(=O)c1ccccc1)C(=O)N[C@H](C)C1CC1. The van der Waals surface area contributed by atoms with Crippen molar-refractivity contribution in [3.63, 3.8) is 0 Å². The van der Waals surface area contributed by atoms with E-state index in [0.29, 0.717) is 5.92 Å². The number of carbonyl (C=O) groups excluding carboxylic acids is 1. The fourth-order valence-electron chi connectivity index (χ4n) is 2.36. The fourth-order valence-corrected chi connectivity index (χ4v) is 3.72. The predicted molar refractivity (Wildman–Crippen MR) is 85.7 cm³/mol. The van der Waals surface area contributed by atoms with Crippen LogP contribution >= 0.6 is 0 Å². The monoisotopic (exact) mass is 324 g/mol. The van der Waals surface area contributed by atoms with E-state index in [2.05, 4.69) is 10.0 Å². The topological polar surface area (TPSA) is 75.3 Å². The van der Waals surface area contributed by atoms with E-state index in [-0.39, 0.29) is 22.8 Å². The molecule has 1 aromatic rings. The Morgan fingerprint density at radius 3 is 2.23 bits per heavy atom. The summed E-state index contributed by atoms with van der Waals surface area (Å²) >= 11 is 0. The van der Waals surface area contributed by atoms with Gasteiger partial charge in [0, 0.05) is 6.04 Å². The average molecular weight is 324 g/mol. The number of hydrogen-bond acceptors (Lipinski definition) is 3. The van der Waals surface area contributed by atoms with Crippen LogP contribution in [0.25, 0.3) is 0 Å². The van der Waals surface area contributed by atoms with Gasteiger partial charge >= 0.3 is 0 Å². The predicted octanol–water partition coefficient (Wildman–Crippen LogP) is 1.90. The Balaban J connectivity index is 2.09. The van der Waals surface area contributed by atoms with Crippen molar-refractivity contribution in [3.8, 4) is 0 Å². The Labute approximate surface area is 132 Å². The number of hydrogen-bond donors (Lipinski definition) is 2. The van der Waals surface area contributed by atoms with E-state index in [9.17, 15) is 13.2 Å². The third kappa shape index (κ3) is 4.30. The van der Waals surface area contributed by atoms with E-state index in [1.165, 1.54) is 12.1 Å². The lowest BCUT2D eigenvalue weighted by Crippen LogP contribution is -2.51. The van der Waals surface area contributed by atoms with E-state index in [0.717, 1.165) is 12.8 Å². The Morgan fingerprint density at radius 1 is 1.14 bits per heavy atom. The second-order valence-corrected chi connectivity index (χ2v) is 8.00. The van der Waals surface area contributed by atoms with Gasteiger partial charge in [0.2, 0.25) is 15.9 Å². The molecule has 0 aromatic heterocycles. The van der Waals surface area contributed by atoms with Gasteiger partial charge in [-0.1, -0.05) is 32.0 Å². The molecule has 1 fully saturated rings. The fraction of sp³-hybridized carbons (Fsp3) is 0.562. The van der Waals surface area contributed by atoms with Gasteiger partial charge in [-0.25, -0.2) is 8.42 Å². The summed E-state index contributed by atoms with van der Waals surface area (Å²) < 4.78 is 27.3.